The van der Waals surface area contributed by atoms with Crippen LogP contribution in [0.15, 0.2) is 0 Å². The Morgan fingerprint density at radius 1 is 1.62 bits per heavy atom. The number of quaternary nitrogens is 1. The first-order valence-electron chi connectivity index (χ1n) is 4.64. The largest absolute Gasteiger partial charge is 0.447 e. The number of cyclic esters (lactones) is 1. The van der Waals surface area contributed by atoms with E-state index in [1.54, 1.807) is 0 Å². The molecule has 0 aromatic rings. The second kappa shape index (κ2) is 3.18. The second-order valence-corrected chi connectivity index (χ2v) is 4.67. The molecule has 0 aliphatic carbocycles. The number of carbonyl (C=O) groups excluding carboxylic acids is 1. The fourth-order valence-corrected chi connectivity index (χ4v) is 1.69. The van der Waals surface area contributed by atoms with E-state index >= 15 is 0 Å². The first kappa shape index (κ1) is 10.3. The third kappa shape index (κ3) is 2.59. The summed E-state index contributed by atoms with van der Waals surface area (Å²) in [7, 11) is 4.30. The minimum absolute atomic E-state index is 0.198. The van der Waals surface area contributed by atoms with Crippen molar-refractivity contribution in [1.82, 2.24) is 5.32 Å². The highest BCUT2D eigenvalue weighted by atomic mass is 16.6. The van der Waals surface area contributed by atoms with Crippen LogP contribution in [0.25, 0.3) is 0 Å². The molecule has 0 spiro atoms. The standard InChI is InChI=1S/C9H18N2O2/c1-5-11(3,4)6-9(2)7-13-8(12)10-9/h5-7H2,1-4H3/p+1. The summed E-state index contributed by atoms with van der Waals surface area (Å²) in [4.78, 5) is 10.9. The van der Waals surface area contributed by atoms with Gasteiger partial charge in [-0.3, -0.25) is 0 Å². The monoisotopic (exact) mass is 187 g/mol. The molecule has 1 aliphatic rings. The molecular formula is C9H19N2O2+. The van der Waals surface area contributed by atoms with Gasteiger partial charge in [-0.25, -0.2) is 4.79 Å². The number of carbonyl (C=O) groups is 1. The Morgan fingerprint density at radius 2 is 2.23 bits per heavy atom. The van der Waals surface area contributed by atoms with Gasteiger partial charge in [-0.15, -0.1) is 0 Å². The number of nitrogens with one attached hydrogen (secondary N) is 1. The van der Waals surface area contributed by atoms with Gasteiger partial charge in [0.15, 0.2) is 0 Å². The van der Waals surface area contributed by atoms with Gasteiger partial charge in [0.1, 0.15) is 18.7 Å². The number of amides is 1. The molecule has 1 fully saturated rings. The van der Waals surface area contributed by atoms with Gasteiger partial charge >= 0.3 is 6.09 Å². The van der Waals surface area contributed by atoms with Gasteiger partial charge in [-0.1, -0.05) is 0 Å². The molecule has 1 rings (SSSR count). The zero-order chi connectivity index (χ0) is 10.1. The number of nitrogens with zero attached hydrogens (tertiary/aromatic N) is 1. The number of rotatable bonds is 3. The molecule has 4 heteroatoms. The van der Waals surface area contributed by atoms with Crippen LogP contribution in [-0.4, -0.2) is 49.9 Å². The van der Waals surface area contributed by atoms with Gasteiger partial charge in [0.2, 0.25) is 0 Å². The molecule has 1 unspecified atom stereocenters. The Bertz CT molecular complexity index is 216. The van der Waals surface area contributed by atoms with Crippen molar-refractivity contribution in [2.75, 3.05) is 33.8 Å². The van der Waals surface area contributed by atoms with Crippen LogP contribution < -0.4 is 5.32 Å². The van der Waals surface area contributed by atoms with Crippen molar-refractivity contribution < 1.29 is 14.0 Å². The minimum atomic E-state index is -0.293. The first-order chi connectivity index (χ1) is 5.87. The Kier molecular flexibility index (Phi) is 2.52. The Morgan fingerprint density at radius 3 is 2.62 bits per heavy atom. The molecule has 0 aromatic carbocycles. The predicted octanol–water partition coefficient (Wildman–Crippen LogP) is 0.581. The first-order valence-corrected chi connectivity index (χ1v) is 4.64. The Balaban J connectivity index is 2.57. The van der Waals surface area contributed by atoms with Gasteiger partial charge in [-0.05, 0) is 13.8 Å². The maximum atomic E-state index is 10.9. The number of ether oxygens (including phenoxy) is 1. The summed E-state index contributed by atoms with van der Waals surface area (Å²) in [6.07, 6.45) is -0.293. The maximum Gasteiger partial charge on any atom is 0.407 e. The van der Waals surface area contributed by atoms with Crippen LogP contribution in [0.2, 0.25) is 0 Å². The summed E-state index contributed by atoms with van der Waals surface area (Å²) < 4.78 is 5.79. The fourth-order valence-electron chi connectivity index (χ4n) is 1.69. The van der Waals surface area contributed by atoms with Crippen molar-refractivity contribution in [1.29, 1.82) is 0 Å². The van der Waals surface area contributed by atoms with E-state index in [1.807, 2.05) is 6.92 Å². The van der Waals surface area contributed by atoms with E-state index in [-0.39, 0.29) is 11.6 Å². The van der Waals surface area contributed by atoms with Crippen molar-refractivity contribution >= 4 is 6.09 Å². The average molecular weight is 187 g/mol. The lowest BCUT2D eigenvalue weighted by Gasteiger charge is -2.35. The number of hydrogen-bond acceptors (Lipinski definition) is 2. The van der Waals surface area contributed by atoms with Crippen LogP contribution in [0, 0.1) is 0 Å². The molecule has 1 heterocycles. The maximum absolute atomic E-state index is 10.9. The lowest BCUT2D eigenvalue weighted by Crippen LogP contribution is -2.56. The summed E-state index contributed by atoms with van der Waals surface area (Å²) in [5, 5.41) is 2.84. The number of hydrogen-bond donors (Lipinski definition) is 1. The van der Waals surface area contributed by atoms with Crippen molar-refractivity contribution in [2.45, 2.75) is 19.4 Å². The quantitative estimate of drug-likeness (QED) is 0.656. The van der Waals surface area contributed by atoms with E-state index in [1.165, 1.54) is 0 Å². The second-order valence-electron chi connectivity index (χ2n) is 4.67. The number of likely N-dealkylation sites (N-methyl/N-ethyl adjacent to an activating group) is 1. The van der Waals surface area contributed by atoms with Crippen molar-refractivity contribution in [3.8, 4) is 0 Å². The van der Waals surface area contributed by atoms with E-state index in [2.05, 4.69) is 26.3 Å². The topological polar surface area (TPSA) is 38.3 Å². The highest BCUT2D eigenvalue weighted by Gasteiger charge is 2.40. The van der Waals surface area contributed by atoms with Crippen LogP contribution in [0.4, 0.5) is 4.79 Å². The van der Waals surface area contributed by atoms with Crippen LogP contribution in [0.1, 0.15) is 13.8 Å². The Hall–Kier alpha value is -0.770. The zero-order valence-electron chi connectivity index (χ0n) is 8.89. The van der Waals surface area contributed by atoms with Crippen molar-refractivity contribution in [3.05, 3.63) is 0 Å². The average Bonchev–Trinajstić information content (AvgIpc) is 2.30. The smallest absolute Gasteiger partial charge is 0.407 e. The molecule has 1 atom stereocenters. The van der Waals surface area contributed by atoms with Crippen molar-refractivity contribution in [2.24, 2.45) is 0 Å². The third-order valence-corrected chi connectivity index (χ3v) is 2.56. The SMILES string of the molecule is CC[N+](C)(C)CC1(C)COC(=O)N1. The third-order valence-electron chi connectivity index (χ3n) is 2.56. The predicted molar refractivity (Wildman–Crippen MR) is 50.4 cm³/mol. The van der Waals surface area contributed by atoms with Gasteiger partial charge in [0.05, 0.1) is 20.6 Å². The molecule has 1 saturated heterocycles. The van der Waals surface area contributed by atoms with Crippen molar-refractivity contribution in [3.63, 3.8) is 0 Å². The van der Waals surface area contributed by atoms with E-state index < -0.39 is 0 Å². The van der Waals surface area contributed by atoms with Gasteiger partial charge in [-0.2, -0.15) is 0 Å². The summed E-state index contributed by atoms with van der Waals surface area (Å²) in [5.74, 6) is 0. The van der Waals surface area contributed by atoms with Gasteiger partial charge in [0, 0.05) is 0 Å². The summed E-state index contributed by atoms with van der Waals surface area (Å²) in [6, 6.07) is 0. The molecule has 1 N–H and O–H groups in total. The summed E-state index contributed by atoms with van der Waals surface area (Å²) in [5.41, 5.74) is -0.198. The van der Waals surface area contributed by atoms with Gasteiger partial charge < -0.3 is 14.5 Å². The van der Waals surface area contributed by atoms with E-state index in [9.17, 15) is 4.79 Å². The van der Waals surface area contributed by atoms with E-state index in [4.69, 9.17) is 4.74 Å². The molecule has 0 bridgehead atoms. The summed E-state index contributed by atoms with van der Waals surface area (Å²) >= 11 is 0. The van der Waals surface area contributed by atoms with E-state index in [0.717, 1.165) is 17.6 Å². The van der Waals surface area contributed by atoms with Crippen LogP contribution in [-0.2, 0) is 4.74 Å². The molecule has 76 valence electrons. The zero-order valence-corrected chi connectivity index (χ0v) is 8.89. The summed E-state index contributed by atoms with van der Waals surface area (Å²) in [6.45, 7) is 6.59. The lowest BCUT2D eigenvalue weighted by atomic mass is 10.0. The Labute approximate surface area is 79.4 Å². The van der Waals surface area contributed by atoms with Crippen LogP contribution in [0.3, 0.4) is 0 Å². The van der Waals surface area contributed by atoms with Gasteiger partial charge in [0.25, 0.3) is 0 Å². The molecular weight excluding hydrogens is 168 g/mol. The normalized spacial score (nSPS) is 28.5. The molecule has 1 aliphatic heterocycles. The lowest BCUT2D eigenvalue weighted by molar-refractivity contribution is -0.892. The molecule has 1 amide bonds. The molecule has 0 radical (unpaired) electrons. The number of alkyl carbamates (subject to hydrolysis) is 1. The molecule has 0 aromatic heterocycles. The highest BCUT2D eigenvalue weighted by Crippen LogP contribution is 2.16. The highest BCUT2D eigenvalue weighted by molar-refractivity contribution is 5.70. The minimum Gasteiger partial charge on any atom is -0.447 e. The molecule has 13 heavy (non-hydrogen) atoms. The molecule has 0 saturated carbocycles. The van der Waals surface area contributed by atoms with E-state index in [0.29, 0.717) is 6.61 Å². The fraction of sp³-hybridized carbons (Fsp3) is 0.889. The molecule has 4 nitrogen and oxygen atoms in total. The van der Waals surface area contributed by atoms with Crippen LogP contribution in [0.5, 0.6) is 0 Å². The van der Waals surface area contributed by atoms with Crippen LogP contribution >= 0.6 is 0 Å².